The number of nitro benzene ring substituents is 1. The van der Waals surface area contributed by atoms with E-state index in [0.29, 0.717) is 5.69 Å². The molecule has 2 rings (SSSR count). The number of hydrogen-bond acceptors (Lipinski definition) is 4. The van der Waals surface area contributed by atoms with Crippen molar-refractivity contribution in [3.63, 3.8) is 0 Å². The number of nitrogens with one attached hydrogen (secondary N) is 1. The fraction of sp³-hybridized carbons (Fsp3) is 0.250. The van der Waals surface area contributed by atoms with Crippen molar-refractivity contribution < 1.29 is 4.92 Å². The van der Waals surface area contributed by atoms with Gasteiger partial charge in [0.25, 0.3) is 5.69 Å². The van der Waals surface area contributed by atoms with Crippen molar-refractivity contribution in [3.05, 3.63) is 44.3 Å². The summed E-state index contributed by atoms with van der Waals surface area (Å²) in [6, 6.07) is 5.31. The highest BCUT2D eigenvalue weighted by Gasteiger charge is 2.14. The van der Waals surface area contributed by atoms with Gasteiger partial charge in [-0.3, -0.25) is 14.8 Å². The quantitative estimate of drug-likeness (QED) is 0.504. The van der Waals surface area contributed by atoms with Crippen LogP contribution in [0, 0.1) is 13.7 Å². The topological polar surface area (TPSA) is 73.0 Å². The van der Waals surface area contributed by atoms with Crippen LogP contribution >= 0.6 is 22.6 Å². The first-order chi connectivity index (χ1) is 8.97. The van der Waals surface area contributed by atoms with E-state index in [2.05, 4.69) is 33.0 Å². The summed E-state index contributed by atoms with van der Waals surface area (Å²) in [5.74, 6) is 0. The number of benzene rings is 1. The molecule has 6 nitrogen and oxygen atoms in total. The Morgan fingerprint density at radius 1 is 1.47 bits per heavy atom. The number of hydrogen-bond donors (Lipinski definition) is 1. The van der Waals surface area contributed by atoms with Crippen LogP contribution in [0.15, 0.2) is 30.6 Å². The summed E-state index contributed by atoms with van der Waals surface area (Å²) in [7, 11) is 0. The molecule has 1 aromatic carbocycles. The van der Waals surface area contributed by atoms with Crippen molar-refractivity contribution in [1.29, 1.82) is 0 Å². The third-order valence-corrected chi connectivity index (χ3v) is 3.24. The molecule has 0 amide bonds. The lowest BCUT2D eigenvalue weighted by Crippen LogP contribution is -2.00. The SMILES string of the molecule is CC(C)n1cc(Nc2ccc(I)cc2[N+](=O)[O-])cn1. The minimum Gasteiger partial charge on any atom is -0.347 e. The molecular formula is C12H13IN4O2. The highest BCUT2D eigenvalue weighted by molar-refractivity contribution is 14.1. The van der Waals surface area contributed by atoms with Crippen molar-refractivity contribution >= 4 is 39.7 Å². The van der Waals surface area contributed by atoms with Gasteiger partial charge in [0.05, 0.1) is 16.8 Å². The molecule has 0 fully saturated rings. The zero-order valence-electron chi connectivity index (χ0n) is 10.5. The Hall–Kier alpha value is -1.64. The fourth-order valence-electron chi connectivity index (χ4n) is 1.60. The molecule has 0 atom stereocenters. The lowest BCUT2D eigenvalue weighted by Gasteiger charge is -2.06. The Bertz CT molecular complexity index is 610. The van der Waals surface area contributed by atoms with E-state index < -0.39 is 4.92 Å². The molecule has 0 aliphatic carbocycles. The molecule has 1 aromatic heterocycles. The van der Waals surface area contributed by atoms with Crippen molar-refractivity contribution in [2.75, 3.05) is 5.32 Å². The van der Waals surface area contributed by atoms with Gasteiger partial charge < -0.3 is 5.32 Å². The molecule has 100 valence electrons. The maximum atomic E-state index is 11.0. The van der Waals surface area contributed by atoms with E-state index in [4.69, 9.17) is 0 Å². The van der Waals surface area contributed by atoms with Crippen LogP contribution < -0.4 is 5.32 Å². The average molecular weight is 372 g/mol. The van der Waals surface area contributed by atoms with E-state index in [0.717, 1.165) is 9.26 Å². The Morgan fingerprint density at radius 2 is 2.21 bits per heavy atom. The van der Waals surface area contributed by atoms with E-state index in [1.165, 1.54) is 6.07 Å². The number of nitro groups is 1. The van der Waals surface area contributed by atoms with E-state index in [1.807, 2.05) is 26.1 Å². The number of aromatic nitrogens is 2. The van der Waals surface area contributed by atoms with Crippen LogP contribution in [-0.4, -0.2) is 14.7 Å². The molecule has 0 aliphatic rings. The summed E-state index contributed by atoms with van der Waals surface area (Å²) >= 11 is 2.05. The summed E-state index contributed by atoms with van der Waals surface area (Å²) in [5, 5.41) is 18.2. The number of halogens is 1. The highest BCUT2D eigenvalue weighted by Crippen LogP contribution is 2.29. The number of rotatable bonds is 4. The van der Waals surface area contributed by atoms with E-state index >= 15 is 0 Å². The van der Waals surface area contributed by atoms with Gasteiger partial charge >= 0.3 is 0 Å². The smallest absolute Gasteiger partial charge is 0.293 e. The van der Waals surface area contributed by atoms with Crippen LogP contribution in [0.3, 0.4) is 0 Å². The van der Waals surface area contributed by atoms with Crippen LogP contribution in [0.5, 0.6) is 0 Å². The van der Waals surface area contributed by atoms with Crippen molar-refractivity contribution in [2.45, 2.75) is 19.9 Å². The second kappa shape index (κ2) is 5.55. The standard InChI is InChI=1S/C12H13IN4O2/c1-8(2)16-7-10(6-14-16)15-11-4-3-9(13)5-12(11)17(18)19/h3-8,15H,1-2H3. The highest BCUT2D eigenvalue weighted by atomic mass is 127. The van der Waals surface area contributed by atoms with Crippen molar-refractivity contribution in [3.8, 4) is 0 Å². The normalized spacial score (nSPS) is 10.7. The molecule has 0 bridgehead atoms. The molecule has 0 saturated heterocycles. The van der Waals surface area contributed by atoms with Gasteiger partial charge in [-0.15, -0.1) is 0 Å². The van der Waals surface area contributed by atoms with Crippen LogP contribution in [0.2, 0.25) is 0 Å². The summed E-state index contributed by atoms with van der Waals surface area (Å²) in [6.07, 6.45) is 3.48. The lowest BCUT2D eigenvalue weighted by atomic mass is 10.2. The maximum absolute atomic E-state index is 11.0. The molecule has 7 heteroatoms. The van der Waals surface area contributed by atoms with Gasteiger partial charge in [-0.05, 0) is 48.6 Å². The Labute approximate surface area is 124 Å². The Kier molecular flexibility index (Phi) is 4.03. The van der Waals surface area contributed by atoms with Crippen LogP contribution in [-0.2, 0) is 0 Å². The third-order valence-electron chi connectivity index (χ3n) is 2.57. The molecule has 2 aromatic rings. The Balaban J connectivity index is 2.29. The largest absolute Gasteiger partial charge is 0.347 e. The molecular weight excluding hydrogens is 359 g/mol. The predicted molar refractivity (Wildman–Crippen MR) is 81.7 cm³/mol. The minimum absolute atomic E-state index is 0.0594. The van der Waals surface area contributed by atoms with Crippen LogP contribution in [0.4, 0.5) is 17.1 Å². The van der Waals surface area contributed by atoms with Gasteiger partial charge in [0.1, 0.15) is 5.69 Å². The summed E-state index contributed by atoms with van der Waals surface area (Å²) in [5.41, 5.74) is 1.26. The molecule has 0 saturated carbocycles. The average Bonchev–Trinajstić information content (AvgIpc) is 2.80. The summed E-state index contributed by atoms with van der Waals surface area (Å²) in [6.45, 7) is 4.04. The predicted octanol–water partition coefficient (Wildman–Crippen LogP) is 3.72. The molecule has 1 heterocycles. The monoisotopic (exact) mass is 372 g/mol. The van der Waals surface area contributed by atoms with Gasteiger partial charge in [0.15, 0.2) is 0 Å². The zero-order chi connectivity index (χ0) is 14.0. The number of nitrogens with zero attached hydrogens (tertiary/aromatic N) is 3. The molecule has 1 N–H and O–H groups in total. The molecule has 19 heavy (non-hydrogen) atoms. The molecule has 0 aliphatic heterocycles. The van der Waals surface area contributed by atoms with Crippen LogP contribution in [0.1, 0.15) is 19.9 Å². The molecule has 0 unspecified atom stereocenters. The summed E-state index contributed by atoms with van der Waals surface area (Å²) < 4.78 is 2.62. The van der Waals surface area contributed by atoms with Gasteiger partial charge in [-0.1, -0.05) is 0 Å². The lowest BCUT2D eigenvalue weighted by molar-refractivity contribution is -0.384. The van der Waals surface area contributed by atoms with Gasteiger partial charge in [-0.25, -0.2) is 0 Å². The minimum atomic E-state index is -0.392. The molecule has 0 radical (unpaired) electrons. The van der Waals surface area contributed by atoms with Gasteiger partial charge in [0, 0.05) is 21.9 Å². The number of anilines is 2. The van der Waals surface area contributed by atoms with E-state index in [-0.39, 0.29) is 11.7 Å². The van der Waals surface area contributed by atoms with Gasteiger partial charge in [0.2, 0.25) is 0 Å². The zero-order valence-corrected chi connectivity index (χ0v) is 12.7. The second-order valence-corrected chi connectivity index (χ2v) is 5.59. The van der Waals surface area contributed by atoms with E-state index in [9.17, 15) is 10.1 Å². The fourth-order valence-corrected chi connectivity index (χ4v) is 2.08. The van der Waals surface area contributed by atoms with Crippen LogP contribution in [0.25, 0.3) is 0 Å². The van der Waals surface area contributed by atoms with E-state index in [1.54, 1.807) is 16.9 Å². The molecule has 0 spiro atoms. The first kappa shape index (κ1) is 13.8. The van der Waals surface area contributed by atoms with Crippen molar-refractivity contribution in [1.82, 2.24) is 9.78 Å². The maximum Gasteiger partial charge on any atom is 0.293 e. The van der Waals surface area contributed by atoms with Gasteiger partial charge in [-0.2, -0.15) is 5.10 Å². The summed E-state index contributed by atoms with van der Waals surface area (Å²) in [4.78, 5) is 10.6. The third kappa shape index (κ3) is 3.22. The second-order valence-electron chi connectivity index (χ2n) is 4.35. The Morgan fingerprint density at radius 3 is 2.79 bits per heavy atom. The first-order valence-corrected chi connectivity index (χ1v) is 6.80. The van der Waals surface area contributed by atoms with Crippen molar-refractivity contribution in [2.24, 2.45) is 0 Å². The first-order valence-electron chi connectivity index (χ1n) is 5.72.